The van der Waals surface area contributed by atoms with Crippen molar-refractivity contribution in [3.63, 3.8) is 0 Å². The predicted molar refractivity (Wildman–Crippen MR) is 180 cm³/mol. The molecule has 0 aromatic heterocycles. The third-order valence-electron chi connectivity index (χ3n) is 8.08. The van der Waals surface area contributed by atoms with Crippen LogP contribution in [0.1, 0.15) is 69.9 Å². The van der Waals surface area contributed by atoms with Gasteiger partial charge in [-0.2, -0.15) is 0 Å². The molecule has 0 radical (unpaired) electrons. The minimum atomic E-state index is -0.489. The monoisotopic (exact) mass is 649 g/mol. The zero-order valence-electron chi connectivity index (χ0n) is 27.9. The molecule has 10 nitrogen and oxygen atoms in total. The van der Waals surface area contributed by atoms with Crippen molar-refractivity contribution >= 4 is 23.8 Å². The zero-order chi connectivity index (χ0) is 33.6. The molecule has 1 N–H and O–H groups in total. The van der Waals surface area contributed by atoms with Crippen molar-refractivity contribution in [1.29, 1.82) is 0 Å². The van der Waals surface area contributed by atoms with E-state index in [0.717, 1.165) is 38.5 Å². The lowest BCUT2D eigenvalue weighted by Crippen LogP contribution is -2.31. The molecule has 1 amide bonds. The molecule has 2 aromatic carbocycles. The van der Waals surface area contributed by atoms with Crippen LogP contribution >= 0.6 is 0 Å². The molecule has 47 heavy (non-hydrogen) atoms. The van der Waals surface area contributed by atoms with Gasteiger partial charge < -0.3 is 38.4 Å². The molecule has 2 heterocycles. The number of hydrogen-bond acceptors (Lipinski definition) is 9. The van der Waals surface area contributed by atoms with E-state index in [0.29, 0.717) is 60.4 Å². The number of carbonyl (C=O) groups is 2. The third kappa shape index (κ3) is 10.4. The number of aliphatic hydroxyl groups is 1. The standard InChI is InChI=1S/C37H47NO9/c1-5-38(6-2)35(41)25-28(29(39)17-13-26-15-19-31(33(23-26)42-3)46-36-11-7-9-21-44-36)30(40)18-14-27-16-20-32(34(24-27)43-4)47-37-12-8-10-22-45-37/h13-20,23-24,36-37,39H,5-12,21-22,25H2,1-4H3/b17-13+,18-14+,29-28-. The van der Waals surface area contributed by atoms with E-state index in [1.165, 1.54) is 12.2 Å². The van der Waals surface area contributed by atoms with Crippen molar-refractivity contribution in [2.45, 2.75) is 71.4 Å². The van der Waals surface area contributed by atoms with Gasteiger partial charge in [-0.15, -0.1) is 0 Å². The molecule has 0 aliphatic carbocycles. The second-order valence-electron chi connectivity index (χ2n) is 11.3. The summed E-state index contributed by atoms with van der Waals surface area (Å²) >= 11 is 0. The van der Waals surface area contributed by atoms with Crippen molar-refractivity contribution in [1.82, 2.24) is 4.90 Å². The molecule has 2 saturated heterocycles. The first-order valence-electron chi connectivity index (χ1n) is 16.4. The summed E-state index contributed by atoms with van der Waals surface area (Å²) in [5.41, 5.74) is 1.37. The maximum atomic E-state index is 13.5. The minimum absolute atomic E-state index is 0.0165. The number of aliphatic hydroxyl groups excluding tert-OH is 1. The Hall–Kier alpha value is -4.28. The summed E-state index contributed by atoms with van der Waals surface area (Å²) in [6.07, 6.45) is 10.9. The minimum Gasteiger partial charge on any atom is -0.508 e. The summed E-state index contributed by atoms with van der Waals surface area (Å²) in [4.78, 5) is 28.2. The first kappa shape index (κ1) is 35.6. The van der Waals surface area contributed by atoms with E-state index < -0.39 is 5.78 Å². The van der Waals surface area contributed by atoms with Crippen molar-refractivity contribution < 1.29 is 43.1 Å². The van der Waals surface area contributed by atoms with Crippen LogP contribution in [0.15, 0.2) is 59.9 Å². The van der Waals surface area contributed by atoms with Crippen molar-refractivity contribution in [3.05, 3.63) is 71.0 Å². The molecule has 2 aromatic rings. The van der Waals surface area contributed by atoms with E-state index in [2.05, 4.69) is 0 Å². The molecule has 2 aliphatic rings. The van der Waals surface area contributed by atoms with Crippen molar-refractivity contribution in [2.24, 2.45) is 0 Å². The van der Waals surface area contributed by atoms with Crippen molar-refractivity contribution in [3.8, 4) is 23.0 Å². The fraction of sp³-hybridized carbons (Fsp3) is 0.459. The summed E-state index contributed by atoms with van der Waals surface area (Å²) < 4.78 is 34.4. The van der Waals surface area contributed by atoms with Gasteiger partial charge >= 0.3 is 0 Å². The number of allylic oxidation sites excluding steroid dienone is 2. The van der Waals surface area contributed by atoms with Crippen LogP contribution in [0.25, 0.3) is 12.2 Å². The van der Waals surface area contributed by atoms with Gasteiger partial charge in [0.2, 0.25) is 5.91 Å². The number of ketones is 1. The van der Waals surface area contributed by atoms with Gasteiger partial charge in [-0.25, -0.2) is 0 Å². The molecule has 2 atom stereocenters. The van der Waals surface area contributed by atoms with Crippen LogP contribution in [-0.4, -0.2) is 74.8 Å². The van der Waals surface area contributed by atoms with Gasteiger partial charge in [0.15, 0.2) is 41.4 Å². The summed E-state index contributed by atoms with van der Waals surface area (Å²) in [6.45, 7) is 6.05. The maximum Gasteiger partial charge on any atom is 0.227 e. The number of methoxy groups -OCH3 is 2. The van der Waals surface area contributed by atoms with E-state index in [-0.39, 0.29) is 36.2 Å². The number of benzene rings is 2. The summed E-state index contributed by atoms with van der Waals surface area (Å²) in [5.74, 6) is 1.08. The number of hydrogen-bond donors (Lipinski definition) is 1. The molecule has 2 unspecified atom stereocenters. The highest BCUT2D eigenvalue weighted by molar-refractivity contribution is 6.09. The highest BCUT2D eigenvalue weighted by Crippen LogP contribution is 2.32. The lowest BCUT2D eigenvalue weighted by Gasteiger charge is -2.24. The second kappa shape index (κ2) is 18.2. The molecule has 0 bridgehead atoms. The van der Waals surface area contributed by atoms with Crippen LogP contribution in [0, 0.1) is 0 Å². The second-order valence-corrected chi connectivity index (χ2v) is 11.3. The third-order valence-corrected chi connectivity index (χ3v) is 8.08. The topological polar surface area (TPSA) is 113 Å². The number of rotatable bonds is 15. The Morgan fingerprint density at radius 3 is 1.74 bits per heavy atom. The molecule has 2 fully saturated rings. The average Bonchev–Trinajstić information content (AvgIpc) is 3.10. The van der Waals surface area contributed by atoms with E-state index in [1.807, 2.05) is 19.9 Å². The van der Waals surface area contributed by atoms with E-state index in [1.54, 1.807) is 61.6 Å². The molecule has 4 rings (SSSR count). The van der Waals surface area contributed by atoms with E-state index in [4.69, 9.17) is 28.4 Å². The number of nitrogens with zero attached hydrogens (tertiary/aromatic N) is 1. The summed E-state index contributed by atoms with van der Waals surface area (Å²) in [5, 5.41) is 11.1. The maximum absolute atomic E-state index is 13.5. The molecule has 0 saturated carbocycles. The van der Waals surface area contributed by atoms with Gasteiger partial charge in [0.25, 0.3) is 0 Å². The van der Waals surface area contributed by atoms with Crippen LogP contribution in [0.2, 0.25) is 0 Å². The van der Waals surface area contributed by atoms with Crippen LogP contribution in [0.5, 0.6) is 23.0 Å². The van der Waals surface area contributed by atoms with Gasteiger partial charge in [0.1, 0.15) is 5.76 Å². The first-order chi connectivity index (χ1) is 22.8. The first-order valence-corrected chi connectivity index (χ1v) is 16.4. The number of amides is 1. The predicted octanol–water partition coefficient (Wildman–Crippen LogP) is 6.88. The van der Waals surface area contributed by atoms with Crippen LogP contribution in [0.4, 0.5) is 0 Å². The number of carbonyl (C=O) groups excluding carboxylic acids is 2. The quantitative estimate of drug-likeness (QED) is 0.125. The van der Waals surface area contributed by atoms with Crippen LogP contribution < -0.4 is 18.9 Å². The summed E-state index contributed by atoms with van der Waals surface area (Å²) in [6, 6.07) is 10.7. The lowest BCUT2D eigenvalue weighted by molar-refractivity contribution is -0.130. The Kier molecular flexibility index (Phi) is 13.7. The van der Waals surface area contributed by atoms with Crippen LogP contribution in [-0.2, 0) is 19.1 Å². The molecule has 0 spiro atoms. The summed E-state index contributed by atoms with van der Waals surface area (Å²) in [7, 11) is 3.10. The fourth-order valence-corrected chi connectivity index (χ4v) is 5.35. The highest BCUT2D eigenvalue weighted by atomic mass is 16.7. The number of ether oxygens (including phenoxy) is 6. The van der Waals surface area contributed by atoms with Gasteiger partial charge in [0, 0.05) is 25.9 Å². The van der Waals surface area contributed by atoms with Crippen molar-refractivity contribution in [2.75, 3.05) is 40.5 Å². The zero-order valence-corrected chi connectivity index (χ0v) is 27.9. The van der Waals surface area contributed by atoms with Gasteiger partial charge in [-0.1, -0.05) is 24.3 Å². The van der Waals surface area contributed by atoms with Gasteiger partial charge in [-0.3, -0.25) is 9.59 Å². The Morgan fingerprint density at radius 2 is 1.30 bits per heavy atom. The average molecular weight is 650 g/mol. The van der Waals surface area contributed by atoms with Gasteiger partial charge in [0.05, 0.1) is 39.4 Å². The Balaban J connectivity index is 1.54. The Morgan fingerprint density at radius 1 is 0.787 bits per heavy atom. The SMILES string of the molecule is CCN(CC)C(=O)C/C(C(=O)/C=C/c1ccc(OC2CCCCO2)c(OC)c1)=C(O)\C=C\c1ccc(OC2CCCCO2)c(OC)c1. The smallest absolute Gasteiger partial charge is 0.227 e. The van der Waals surface area contributed by atoms with Crippen LogP contribution in [0.3, 0.4) is 0 Å². The lowest BCUT2D eigenvalue weighted by atomic mass is 10.0. The molecule has 2 aliphatic heterocycles. The van der Waals surface area contributed by atoms with E-state index >= 15 is 0 Å². The van der Waals surface area contributed by atoms with E-state index in [9.17, 15) is 14.7 Å². The Bertz CT molecular complexity index is 1430. The highest BCUT2D eigenvalue weighted by Gasteiger charge is 2.21. The fourth-order valence-electron chi connectivity index (χ4n) is 5.35. The Labute approximate surface area is 277 Å². The molecular weight excluding hydrogens is 602 g/mol. The molecule has 10 heteroatoms. The molecular formula is C37H47NO9. The van der Waals surface area contributed by atoms with Gasteiger partial charge in [-0.05, 0) is 87.1 Å². The molecule has 254 valence electrons. The largest absolute Gasteiger partial charge is 0.508 e. The normalized spacial score (nSPS) is 18.9.